The lowest BCUT2D eigenvalue weighted by Crippen LogP contribution is -2.01. The number of nitrogens with zero attached hydrogens (tertiary/aromatic N) is 3. The molecule has 0 saturated carbocycles. The number of hydrogen-bond donors (Lipinski definition) is 0. The van der Waals surface area contributed by atoms with Gasteiger partial charge in [-0.1, -0.05) is 71.0 Å². The Hall–Kier alpha value is -3.93. The van der Waals surface area contributed by atoms with Gasteiger partial charge < -0.3 is 14.2 Å². The third kappa shape index (κ3) is 7.06. The average Bonchev–Trinajstić information content (AvgIpc) is 2.93. The maximum Gasteiger partial charge on any atom is 0.331 e. The molecule has 4 rings (SSSR count). The Morgan fingerprint density at radius 1 is 0.514 bits per heavy atom. The smallest absolute Gasteiger partial charge is 0.331 e. The third-order valence-electron chi connectivity index (χ3n) is 6.66. The summed E-state index contributed by atoms with van der Waals surface area (Å²) >= 11 is 0. The van der Waals surface area contributed by atoms with Crippen molar-refractivity contribution in [1.82, 2.24) is 15.0 Å². The Bertz CT molecular complexity index is 1200. The zero-order chi connectivity index (χ0) is 26.2. The van der Waals surface area contributed by atoms with Crippen LogP contribution >= 0.6 is 0 Å². The molecule has 0 amide bonds. The molecular formula is C31H35N3O3. The lowest BCUT2D eigenvalue weighted by Gasteiger charge is -2.12. The van der Waals surface area contributed by atoms with Crippen molar-refractivity contribution in [1.29, 1.82) is 0 Å². The maximum absolute atomic E-state index is 5.98. The molecule has 2 atom stereocenters. The summed E-state index contributed by atoms with van der Waals surface area (Å²) in [5.74, 6) is 2.84. The van der Waals surface area contributed by atoms with Gasteiger partial charge in [0.05, 0.1) is 0 Å². The fraction of sp³-hybridized carbons (Fsp3) is 0.323. The van der Waals surface area contributed by atoms with Crippen molar-refractivity contribution in [2.75, 3.05) is 0 Å². The molecule has 192 valence electrons. The molecule has 0 spiro atoms. The monoisotopic (exact) mass is 497 g/mol. The molecule has 3 aromatic carbocycles. The van der Waals surface area contributed by atoms with Crippen LogP contribution in [0, 0.1) is 0 Å². The van der Waals surface area contributed by atoms with Crippen LogP contribution in [0.4, 0.5) is 0 Å². The number of rotatable bonds is 11. The topological polar surface area (TPSA) is 66.4 Å². The molecule has 0 bridgehead atoms. The number of benzene rings is 3. The highest BCUT2D eigenvalue weighted by molar-refractivity contribution is 5.34. The highest BCUT2D eigenvalue weighted by atomic mass is 16.5. The average molecular weight is 498 g/mol. The van der Waals surface area contributed by atoms with Crippen LogP contribution in [0.5, 0.6) is 35.3 Å². The Labute approximate surface area is 219 Å². The molecule has 1 aromatic heterocycles. The van der Waals surface area contributed by atoms with Gasteiger partial charge >= 0.3 is 18.0 Å². The Morgan fingerprint density at radius 3 is 1.14 bits per heavy atom. The molecule has 6 heteroatoms. The SMILES string of the molecule is CCc1ccc(Oc2nc(Oc3ccc(C(C)CC)cc3)nc(Oc3ccc(C(C)CC)cc3)n2)cc1. The molecule has 1 heterocycles. The number of aromatic nitrogens is 3. The summed E-state index contributed by atoms with van der Waals surface area (Å²) < 4.78 is 17.9. The molecule has 0 radical (unpaired) electrons. The number of hydrogen-bond acceptors (Lipinski definition) is 6. The number of aryl methyl sites for hydroxylation is 1. The van der Waals surface area contributed by atoms with Crippen LogP contribution in [-0.4, -0.2) is 15.0 Å². The van der Waals surface area contributed by atoms with Crippen molar-refractivity contribution >= 4 is 0 Å². The molecule has 0 fully saturated rings. The Balaban J connectivity index is 1.59. The fourth-order valence-corrected chi connectivity index (χ4v) is 3.77. The lowest BCUT2D eigenvalue weighted by atomic mass is 9.99. The molecule has 4 aromatic rings. The van der Waals surface area contributed by atoms with Gasteiger partial charge in [-0.05, 0) is 84.2 Å². The normalized spacial score (nSPS) is 12.6. The zero-order valence-electron chi connectivity index (χ0n) is 22.3. The first-order valence-electron chi connectivity index (χ1n) is 13.1. The van der Waals surface area contributed by atoms with Gasteiger partial charge in [0.15, 0.2) is 0 Å². The number of ether oxygens (including phenoxy) is 3. The highest BCUT2D eigenvalue weighted by Crippen LogP contribution is 2.29. The summed E-state index contributed by atoms with van der Waals surface area (Å²) in [6.45, 7) is 10.9. The largest absolute Gasteiger partial charge is 0.424 e. The van der Waals surface area contributed by atoms with Crippen LogP contribution < -0.4 is 14.2 Å². The van der Waals surface area contributed by atoms with E-state index in [1.165, 1.54) is 16.7 Å². The third-order valence-corrected chi connectivity index (χ3v) is 6.66. The molecule has 2 unspecified atom stereocenters. The summed E-state index contributed by atoms with van der Waals surface area (Å²) in [7, 11) is 0. The van der Waals surface area contributed by atoms with Gasteiger partial charge in [0.25, 0.3) is 0 Å². The van der Waals surface area contributed by atoms with Crippen molar-refractivity contribution < 1.29 is 14.2 Å². The van der Waals surface area contributed by atoms with Crippen LogP contribution in [0.15, 0.2) is 72.8 Å². The summed E-state index contributed by atoms with van der Waals surface area (Å²) in [5.41, 5.74) is 3.74. The first kappa shape index (κ1) is 26.1. The summed E-state index contributed by atoms with van der Waals surface area (Å²) in [6, 6.07) is 24.0. The van der Waals surface area contributed by atoms with Gasteiger partial charge in [-0.2, -0.15) is 0 Å². The van der Waals surface area contributed by atoms with E-state index in [1.54, 1.807) is 0 Å². The van der Waals surface area contributed by atoms with E-state index >= 15 is 0 Å². The van der Waals surface area contributed by atoms with Crippen molar-refractivity contribution in [3.8, 4) is 35.3 Å². The molecule has 0 aliphatic heterocycles. The first-order chi connectivity index (χ1) is 18.0. The fourth-order valence-electron chi connectivity index (χ4n) is 3.77. The summed E-state index contributed by atoms with van der Waals surface area (Å²) in [6.07, 6.45) is 3.10. The van der Waals surface area contributed by atoms with Gasteiger partial charge in [-0.25, -0.2) is 0 Å². The van der Waals surface area contributed by atoms with E-state index < -0.39 is 0 Å². The minimum Gasteiger partial charge on any atom is -0.424 e. The molecule has 0 saturated heterocycles. The minimum absolute atomic E-state index is 0.0942. The van der Waals surface area contributed by atoms with E-state index in [1.807, 2.05) is 48.5 Å². The van der Waals surface area contributed by atoms with E-state index in [-0.39, 0.29) is 18.0 Å². The molecule has 0 aliphatic rings. The van der Waals surface area contributed by atoms with E-state index in [4.69, 9.17) is 14.2 Å². The quantitative estimate of drug-likeness (QED) is 0.206. The van der Waals surface area contributed by atoms with Crippen LogP contribution in [0.3, 0.4) is 0 Å². The standard InChI is InChI=1S/C31H35N3O3/c1-6-21(4)24-11-17-27(18-12-24)36-30-32-29(35-26-15-9-23(8-3)10-16-26)33-31(34-30)37-28-19-13-25(14-20-28)22(5)7-2/h9-22H,6-8H2,1-5H3. The van der Waals surface area contributed by atoms with Crippen molar-refractivity contribution in [3.63, 3.8) is 0 Å². The van der Waals surface area contributed by atoms with Gasteiger partial charge in [0.2, 0.25) is 0 Å². The van der Waals surface area contributed by atoms with Crippen LogP contribution in [0.1, 0.15) is 76.0 Å². The summed E-state index contributed by atoms with van der Waals surface area (Å²) in [5, 5.41) is 0. The molecule has 0 aliphatic carbocycles. The second-order valence-corrected chi connectivity index (χ2v) is 9.24. The molecular weight excluding hydrogens is 462 g/mol. The van der Waals surface area contributed by atoms with Gasteiger partial charge in [0.1, 0.15) is 17.2 Å². The lowest BCUT2D eigenvalue weighted by molar-refractivity contribution is 0.362. The Kier molecular flexibility index (Phi) is 8.72. The van der Waals surface area contributed by atoms with E-state index in [9.17, 15) is 0 Å². The van der Waals surface area contributed by atoms with E-state index in [0.717, 1.165) is 19.3 Å². The van der Waals surface area contributed by atoms with Crippen LogP contribution in [0.2, 0.25) is 0 Å². The second kappa shape index (κ2) is 12.3. The predicted molar refractivity (Wildman–Crippen MR) is 146 cm³/mol. The van der Waals surface area contributed by atoms with Gasteiger partial charge in [0, 0.05) is 0 Å². The van der Waals surface area contributed by atoms with Crippen LogP contribution in [0.25, 0.3) is 0 Å². The predicted octanol–water partition coefficient (Wildman–Crippen LogP) is 8.84. The first-order valence-corrected chi connectivity index (χ1v) is 13.1. The highest BCUT2D eigenvalue weighted by Gasteiger charge is 2.14. The summed E-state index contributed by atoms with van der Waals surface area (Å²) in [4.78, 5) is 13.2. The van der Waals surface area contributed by atoms with Crippen molar-refractivity contribution in [3.05, 3.63) is 89.5 Å². The van der Waals surface area contributed by atoms with Crippen molar-refractivity contribution in [2.45, 2.75) is 65.7 Å². The molecule has 6 nitrogen and oxygen atoms in total. The zero-order valence-corrected chi connectivity index (χ0v) is 22.3. The van der Waals surface area contributed by atoms with Gasteiger partial charge in [-0.15, -0.1) is 15.0 Å². The van der Waals surface area contributed by atoms with Crippen molar-refractivity contribution in [2.24, 2.45) is 0 Å². The minimum atomic E-state index is 0.0942. The van der Waals surface area contributed by atoms with E-state index in [0.29, 0.717) is 29.1 Å². The molecule has 37 heavy (non-hydrogen) atoms. The maximum atomic E-state index is 5.98. The van der Waals surface area contributed by atoms with Crippen LogP contribution in [-0.2, 0) is 6.42 Å². The Morgan fingerprint density at radius 2 is 0.838 bits per heavy atom. The van der Waals surface area contributed by atoms with Gasteiger partial charge in [-0.3, -0.25) is 0 Å². The second-order valence-electron chi connectivity index (χ2n) is 9.24. The molecule has 0 N–H and O–H groups in total. The van der Waals surface area contributed by atoms with E-state index in [2.05, 4.69) is 73.8 Å².